The van der Waals surface area contributed by atoms with Crippen molar-refractivity contribution in [2.75, 3.05) is 13.1 Å². The van der Waals surface area contributed by atoms with E-state index in [4.69, 9.17) is 11.1 Å². The number of nitrogens with two attached hydrogens (primary N) is 1. The molecule has 1 heterocycles. The maximum atomic E-state index is 11.1. The number of nitrogens with one attached hydrogen (secondary N) is 4. The maximum Gasteiger partial charge on any atom is 0.185 e. The van der Waals surface area contributed by atoms with E-state index in [0.29, 0.717) is 6.54 Å². The second kappa shape index (κ2) is 7.33. The highest BCUT2D eigenvalue weighted by molar-refractivity contribution is 5.74. The third kappa shape index (κ3) is 5.46. The minimum atomic E-state index is -0.144. The molecule has 0 aromatic heterocycles. The molecule has 1 saturated heterocycles. The summed E-state index contributed by atoms with van der Waals surface area (Å²) in [6, 6.07) is -0.144. The second-order valence-electron chi connectivity index (χ2n) is 5.09. The lowest BCUT2D eigenvalue weighted by Gasteiger charge is -2.38. The zero-order chi connectivity index (χ0) is 13.4. The molecule has 6 heteroatoms. The molecular weight excluding hydrogens is 230 g/mol. The molecule has 0 bridgehead atoms. The van der Waals surface area contributed by atoms with Gasteiger partial charge in [-0.05, 0) is 45.6 Å². The highest BCUT2D eigenvalue weighted by Gasteiger charge is 2.28. The molecule has 1 fully saturated rings. The Kier molecular flexibility index (Phi) is 6.07. The van der Waals surface area contributed by atoms with Crippen LogP contribution in [-0.4, -0.2) is 37.0 Å². The van der Waals surface area contributed by atoms with E-state index in [1.165, 1.54) is 12.8 Å². The average molecular weight is 255 g/mol. The summed E-state index contributed by atoms with van der Waals surface area (Å²) in [4.78, 5) is 11.1. The van der Waals surface area contributed by atoms with Gasteiger partial charge in [0.1, 0.15) is 6.29 Å². The standard InChI is InChI=1S/C12H25N5O/c1-12(6-2-3-8-16-12)17-10(9-18)5-4-7-15-11(13)14/h9-10,16-17H,2-8H2,1H3,(H4,13,14,15)/t10-,12?/m0/s1. The summed E-state index contributed by atoms with van der Waals surface area (Å²) < 4.78 is 0. The first-order valence-electron chi connectivity index (χ1n) is 6.62. The largest absolute Gasteiger partial charge is 0.370 e. The number of piperidine rings is 1. The highest BCUT2D eigenvalue weighted by Crippen LogP contribution is 2.16. The molecule has 18 heavy (non-hydrogen) atoms. The molecule has 1 aliphatic rings. The molecule has 1 rings (SSSR count). The predicted octanol–water partition coefficient (Wildman–Crippen LogP) is -0.104. The third-order valence-corrected chi connectivity index (χ3v) is 3.29. The Morgan fingerprint density at radius 1 is 1.61 bits per heavy atom. The Morgan fingerprint density at radius 2 is 2.39 bits per heavy atom. The quantitative estimate of drug-likeness (QED) is 0.189. The van der Waals surface area contributed by atoms with Crippen LogP contribution in [-0.2, 0) is 4.79 Å². The van der Waals surface area contributed by atoms with Crippen LogP contribution in [0.2, 0.25) is 0 Å². The summed E-state index contributed by atoms with van der Waals surface area (Å²) in [7, 11) is 0. The number of aldehydes is 1. The van der Waals surface area contributed by atoms with Gasteiger partial charge in [0.2, 0.25) is 0 Å². The normalized spacial score (nSPS) is 25.4. The molecule has 0 saturated carbocycles. The lowest BCUT2D eigenvalue weighted by Crippen LogP contribution is -2.60. The molecule has 0 radical (unpaired) electrons. The minimum Gasteiger partial charge on any atom is -0.370 e. The first-order valence-corrected chi connectivity index (χ1v) is 6.62. The topological polar surface area (TPSA) is 103 Å². The van der Waals surface area contributed by atoms with E-state index in [-0.39, 0.29) is 17.7 Å². The Morgan fingerprint density at radius 3 is 2.94 bits per heavy atom. The van der Waals surface area contributed by atoms with Crippen molar-refractivity contribution in [3.63, 3.8) is 0 Å². The zero-order valence-corrected chi connectivity index (χ0v) is 11.1. The minimum absolute atomic E-state index is 0.0217. The van der Waals surface area contributed by atoms with Gasteiger partial charge < -0.3 is 15.8 Å². The molecule has 2 atom stereocenters. The highest BCUT2D eigenvalue weighted by atomic mass is 16.1. The van der Waals surface area contributed by atoms with Crippen molar-refractivity contribution < 1.29 is 4.79 Å². The Labute approximate surface area is 109 Å². The molecule has 1 aliphatic heterocycles. The van der Waals surface area contributed by atoms with E-state index in [2.05, 4.69) is 22.9 Å². The molecule has 6 N–H and O–H groups in total. The van der Waals surface area contributed by atoms with E-state index in [9.17, 15) is 4.79 Å². The van der Waals surface area contributed by atoms with Crippen LogP contribution < -0.4 is 21.7 Å². The number of carbonyl (C=O) groups excluding carboxylic acids is 1. The van der Waals surface area contributed by atoms with E-state index < -0.39 is 0 Å². The number of carbonyl (C=O) groups is 1. The Balaban J connectivity index is 2.27. The first-order chi connectivity index (χ1) is 8.56. The van der Waals surface area contributed by atoms with Crippen molar-refractivity contribution in [2.45, 2.75) is 50.7 Å². The summed E-state index contributed by atoms with van der Waals surface area (Å²) in [5.74, 6) is -0.0217. The fourth-order valence-corrected chi connectivity index (χ4v) is 2.31. The van der Waals surface area contributed by atoms with Crippen molar-refractivity contribution in [1.29, 1.82) is 5.41 Å². The van der Waals surface area contributed by atoms with Gasteiger partial charge in [0.05, 0.1) is 11.7 Å². The lowest BCUT2D eigenvalue weighted by atomic mass is 9.98. The van der Waals surface area contributed by atoms with Crippen LogP contribution in [0.15, 0.2) is 0 Å². The van der Waals surface area contributed by atoms with Crippen molar-refractivity contribution in [2.24, 2.45) is 5.73 Å². The molecule has 0 aromatic rings. The molecule has 0 spiro atoms. The van der Waals surface area contributed by atoms with Gasteiger partial charge in [-0.2, -0.15) is 0 Å². The molecular formula is C12H25N5O. The number of guanidine groups is 1. The molecule has 1 unspecified atom stereocenters. The van der Waals surface area contributed by atoms with Crippen molar-refractivity contribution in [3.05, 3.63) is 0 Å². The molecule has 6 nitrogen and oxygen atoms in total. The molecule has 0 amide bonds. The number of hydrogen-bond donors (Lipinski definition) is 5. The van der Waals surface area contributed by atoms with Crippen LogP contribution in [0, 0.1) is 5.41 Å². The zero-order valence-electron chi connectivity index (χ0n) is 11.1. The molecule has 0 aliphatic carbocycles. The summed E-state index contributed by atoms with van der Waals surface area (Å²) in [5.41, 5.74) is 5.06. The third-order valence-electron chi connectivity index (χ3n) is 3.29. The van der Waals surface area contributed by atoms with Crippen molar-refractivity contribution >= 4 is 12.2 Å². The van der Waals surface area contributed by atoms with Gasteiger partial charge >= 0.3 is 0 Å². The summed E-state index contributed by atoms with van der Waals surface area (Å²) in [6.45, 7) is 3.74. The van der Waals surface area contributed by atoms with Crippen molar-refractivity contribution in [1.82, 2.24) is 16.0 Å². The van der Waals surface area contributed by atoms with Crippen LogP contribution >= 0.6 is 0 Å². The predicted molar refractivity (Wildman–Crippen MR) is 72.4 cm³/mol. The van der Waals surface area contributed by atoms with Crippen LogP contribution in [0.25, 0.3) is 0 Å². The van der Waals surface area contributed by atoms with Gasteiger partial charge in [-0.1, -0.05) is 0 Å². The summed E-state index contributed by atoms with van der Waals surface area (Å²) in [6.07, 6.45) is 5.96. The second-order valence-corrected chi connectivity index (χ2v) is 5.09. The van der Waals surface area contributed by atoms with E-state index in [0.717, 1.165) is 32.1 Å². The molecule has 104 valence electrons. The fourth-order valence-electron chi connectivity index (χ4n) is 2.31. The van der Waals surface area contributed by atoms with Gasteiger partial charge in [-0.3, -0.25) is 16.0 Å². The van der Waals surface area contributed by atoms with Gasteiger partial charge in [-0.15, -0.1) is 0 Å². The number of rotatable bonds is 7. The summed E-state index contributed by atoms with van der Waals surface area (Å²) >= 11 is 0. The van der Waals surface area contributed by atoms with Gasteiger partial charge in [0.25, 0.3) is 0 Å². The number of hydrogen-bond acceptors (Lipinski definition) is 4. The van der Waals surface area contributed by atoms with Gasteiger partial charge in [0, 0.05) is 6.54 Å². The van der Waals surface area contributed by atoms with Gasteiger partial charge in [0.15, 0.2) is 5.96 Å². The smallest absolute Gasteiger partial charge is 0.185 e. The van der Waals surface area contributed by atoms with E-state index >= 15 is 0 Å². The van der Waals surface area contributed by atoms with E-state index in [1.54, 1.807) is 0 Å². The maximum absolute atomic E-state index is 11.1. The summed E-state index contributed by atoms with van der Waals surface area (Å²) in [5, 5.41) is 16.6. The SMILES string of the molecule is CC1(N[C@H](C=O)CCCNC(=N)N)CCCCN1. The van der Waals surface area contributed by atoms with Crippen LogP contribution in [0.5, 0.6) is 0 Å². The van der Waals surface area contributed by atoms with E-state index in [1.807, 2.05) is 0 Å². The van der Waals surface area contributed by atoms with Crippen molar-refractivity contribution in [3.8, 4) is 0 Å². The monoisotopic (exact) mass is 255 g/mol. The Bertz CT molecular complexity index is 276. The van der Waals surface area contributed by atoms with Crippen LogP contribution in [0.3, 0.4) is 0 Å². The fraction of sp³-hybridized carbons (Fsp3) is 0.833. The Hall–Kier alpha value is -1.14. The first kappa shape index (κ1) is 14.9. The van der Waals surface area contributed by atoms with Gasteiger partial charge in [-0.25, -0.2) is 0 Å². The van der Waals surface area contributed by atoms with Crippen LogP contribution in [0.4, 0.5) is 0 Å². The average Bonchev–Trinajstić information content (AvgIpc) is 2.33. The molecule has 0 aromatic carbocycles. The lowest BCUT2D eigenvalue weighted by molar-refractivity contribution is -0.110. The van der Waals surface area contributed by atoms with Crippen LogP contribution in [0.1, 0.15) is 39.0 Å².